The lowest BCUT2D eigenvalue weighted by atomic mass is 10.2. The first kappa shape index (κ1) is 13.1. The van der Waals surface area contributed by atoms with E-state index < -0.39 is 0 Å². The van der Waals surface area contributed by atoms with Crippen LogP contribution in [0, 0.1) is 0 Å². The number of nitrogen functional groups attached to an aromatic ring is 1. The molecule has 1 saturated heterocycles. The fourth-order valence-electron chi connectivity index (χ4n) is 3.73. The Morgan fingerprint density at radius 1 is 1.24 bits per heavy atom. The fraction of sp³-hybridized carbons (Fsp3) is 0.733. The van der Waals surface area contributed by atoms with Gasteiger partial charge in [0, 0.05) is 26.2 Å². The minimum atomic E-state index is 0.445. The molecule has 2 N–H and O–H groups in total. The molecule has 2 aromatic rings. The largest absolute Gasteiger partial charge is 0.369 e. The van der Waals surface area contributed by atoms with Gasteiger partial charge in [-0.1, -0.05) is 13.3 Å². The van der Waals surface area contributed by atoms with Crippen molar-refractivity contribution in [3.8, 4) is 0 Å². The molecule has 1 saturated carbocycles. The van der Waals surface area contributed by atoms with Crippen LogP contribution in [-0.4, -0.2) is 43.4 Å². The van der Waals surface area contributed by atoms with Crippen molar-refractivity contribution < 1.29 is 0 Å². The maximum Gasteiger partial charge on any atom is 0.202 e. The van der Waals surface area contributed by atoms with Crippen LogP contribution in [-0.2, 0) is 13.5 Å². The molecular weight excluding hydrogens is 264 g/mol. The summed E-state index contributed by atoms with van der Waals surface area (Å²) in [6.07, 6.45) is 5.95. The zero-order chi connectivity index (χ0) is 14.6. The summed E-state index contributed by atoms with van der Waals surface area (Å²) < 4.78 is 4.19. The lowest BCUT2D eigenvalue weighted by Crippen LogP contribution is -2.24. The van der Waals surface area contributed by atoms with Gasteiger partial charge >= 0.3 is 0 Å². The molecule has 1 aliphatic heterocycles. The van der Waals surface area contributed by atoms with Crippen molar-refractivity contribution in [1.82, 2.24) is 24.2 Å². The monoisotopic (exact) mass is 288 g/mol. The summed E-state index contributed by atoms with van der Waals surface area (Å²) in [6.45, 7) is 4.47. The van der Waals surface area contributed by atoms with Crippen LogP contribution >= 0.6 is 0 Å². The SMILES string of the molecule is CCCc1nn(C)c2c1nc(N)n2C1CCN(C2CC2)C1. The van der Waals surface area contributed by atoms with Crippen LogP contribution in [0.5, 0.6) is 0 Å². The van der Waals surface area contributed by atoms with E-state index >= 15 is 0 Å². The molecular formula is C15H24N6. The molecule has 6 heteroatoms. The van der Waals surface area contributed by atoms with Gasteiger partial charge in [0.1, 0.15) is 5.52 Å². The molecule has 3 heterocycles. The molecule has 6 nitrogen and oxygen atoms in total. The number of hydrogen-bond donors (Lipinski definition) is 1. The Kier molecular flexibility index (Phi) is 2.96. The summed E-state index contributed by atoms with van der Waals surface area (Å²) >= 11 is 0. The zero-order valence-corrected chi connectivity index (χ0v) is 12.9. The molecule has 1 unspecified atom stereocenters. The summed E-state index contributed by atoms with van der Waals surface area (Å²) in [5.74, 6) is 0.651. The predicted molar refractivity (Wildman–Crippen MR) is 83.2 cm³/mol. The van der Waals surface area contributed by atoms with Gasteiger partial charge in [0.05, 0.1) is 11.7 Å². The van der Waals surface area contributed by atoms with Crippen LogP contribution in [0.4, 0.5) is 5.95 Å². The van der Waals surface area contributed by atoms with E-state index in [-0.39, 0.29) is 0 Å². The predicted octanol–water partition coefficient (Wildman–Crippen LogP) is 1.71. The lowest BCUT2D eigenvalue weighted by Gasteiger charge is -2.17. The van der Waals surface area contributed by atoms with E-state index in [0.29, 0.717) is 12.0 Å². The maximum atomic E-state index is 6.24. The molecule has 0 amide bonds. The topological polar surface area (TPSA) is 64.9 Å². The van der Waals surface area contributed by atoms with E-state index in [1.807, 2.05) is 11.7 Å². The van der Waals surface area contributed by atoms with Gasteiger partial charge in [0.2, 0.25) is 5.95 Å². The van der Waals surface area contributed by atoms with Gasteiger partial charge < -0.3 is 5.73 Å². The van der Waals surface area contributed by atoms with Crippen molar-refractivity contribution in [3.05, 3.63) is 5.69 Å². The van der Waals surface area contributed by atoms with Crippen LogP contribution in [0.3, 0.4) is 0 Å². The minimum Gasteiger partial charge on any atom is -0.369 e. The van der Waals surface area contributed by atoms with E-state index in [2.05, 4.69) is 26.5 Å². The van der Waals surface area contributed by atoms with E-state index in [1.165, 1.54) is 25.8 Å². The number of anilines is 1. The van der Waals surface area contributed by atoms with Crippen molar-refractivity contribution in [2.75, 3.05) is 18.8 Å². The van der Waals surface area contributed by atoms with Crippen LogP contribution in [0.25, 0.3) is 11.2 Å². The summed E-state index contributed by atoms with van der Waals surface area (Å²) in [6, 6.07) is 1.28. The van der Waals surface area contributed by atoms with Gasteiger partial charge in [0.15, 0.2) is 5.65 Å². The first-order valence-electron chi connectivity index (χ1n) is 8.12. The molecule has 0 bridgehead atoms. The van der Waals surface area contributed by atoms with Crippen molar-refractivity contribution in [3.63, 3.8) is 0 Å². The van der Waals surface area contributed by atoms with Crippen LogP contribution < -0.4 is 5.73 Å². The van der Waals surface area contributed by atoms with E-state index in [1.54, 1.807) is 0 Å². The number of likely N-dealkylation sites (tertiary alicyclic amines) is 1. The van der Waals surface area contributed by atoms with Gasteiger partial charge in [0.25, 0.3) is 0 Å². The molecule has 0 spiro atoms. The standard InChI is InChI=1S/C15H24N6/c1-3-4-12-13-14(19(2)18-12)21(15(16)17-13)11-7-8-20(9-11)10-5-6-10/h10-11H,3-9H2,1-2H3,(H2,16,17). The number of nitrogens with zero attached hydrogens (tertiary/aromatic N) is 5. The van der Waals surface area contributed by atoms with Gasteiger partial charge in [-0.25, -0.2) is 4.98 Å². The van der Waals surface area contributed by atoms with E-state index in [4.69, 9.17) is 5.73 Å². The molecule has 2 aromatic heterocycles. The first-order valence-corrected chi connectivity index (χ1v) is 8.12. The molecule has 114 valence electrons. The number of aromatic nitrogens is 4. The highest BCUT2D eigenvalue weighted by atomic mass is 15.4. The third-order valence-electron chi connectivity index (χ3n) is 4.87. The molecule has 1 atom stereocenters. The second-order valence-electron chi connectivity index (χ2n) is 6.50. The van der Waals surface area contributed by atoms with Crippen LogP contribution in [0.15, 0.2) is 0 Å². The average Bonchev–Trinajstić information content (AvgIpc) is 2.98. The molecule has 2 fully saturated rings. The number of fused-ring (bicyclic) bond motifs is 1. The summed E-state index contributed by atoms with van der Waals surface area (Å²) in [5, 5.41) is 4.64. The highest BCUT2D eigenvalue weighted by Gasteiger charge is 2.36. The van der Waals surface area contributed by atoms with Crippen molar-refractivity contribution >= 4 is 17.1 Å². The molecule has 4 rings (SSSR count). The van der Waals surface area contributed by atoms with Crippen molar-refractivity contribution in [1.29, 1.82) is 0 Å². The quantitative estimate of drug-likeness (QED) is 0.930. The number of hydrogen-bond acceptors (Lipinski definition) is 4. The van der Waals surface area contributed by atoms with E-state index in [9.17, 15) is 0 Å². The highest BCUT2D eigenvalue weighted by molar-refractivity contribution is 5.78. The Bertz CT molecular complexity index is 665. The third kappa shape index (κ3) is 2.04. The maximum absolute atomic E-state index is 6.24. The van der Waals surface area contributed by atoms with Gasteiger partial charge in [-0.2, -0.15) is 5.10 Å². The van der Waals surface area contributed by atoms with Gasteiger partial charge in [-0.05, 0) is 25.7 Å². The number of nitrogens with two attached hydrogens (primary N) is 1. The molecule has 0 radical (unpaired) electrons. The normalized spacial score (nSPS) is 23.4. The Hall–Kier alpha value is -1.56. The molecule has 1 aliphatic carbocycles. The second kappa shape index (κ2) is 4.73. The van der Waals surface area contributed by atoms with Crippen molar-refractivity contribution in [2.45, 2.75) is 51.1 Å². The smallest absolute Gasteiger partial charge is 0.202 e. The van der Waals surface area contributed by atoms with E-state index in [0.717, 1.165) is 42.3 Å². The Labute approximate surface area is 124 Å². The molecule has 0 aromatic carbocycles. The van der Waals surface area contributed by atoms with Crippen LogP contribution in [0.2, 0.25) is 0 Å². The summed E-state index contributed by atoms with van der Waals surface area (Å²) in [7, 11) is 2.01. The number of imidazole rings is 1. The first-order chi connectivity index (χ1) is 10.2. The van der Waals surface area contributed by atoms with Gasteiger partial charge in [-0.3, -0.25) is 14.1 Å². The summed E-state index contributed by atoms with van der Waals surface area (Å²) in [5.41, 5.74) is 9.42. The summed E-state index contributed by atoms with van der Waals surface area (Å²) in [4.78, 5) is 7.23. The van der Waals surface area contributed by atoms with Crippen molar-refractivity contribution in [2.24, 2.45) is 7.05 Å². The fourth-order valence-corrected chi connectivity index (χ4v) is 3.73. The number of rotatable bonds is 4. The Morgan fingerprint density at radius 2 is 2.05 bits per heavy atom. The second-order valence-corrected chi connectivity index (χ2v) is 6.50. The van der Waals surface area contributed by atoms with Gasteiger partial charge in [-0.15, -0.1) is 0 Å². The Morgan fingerprint density at radius 3 is 2.76 bits per heavy atom. The lowest BCUT2D eigenvalue weighted by molar-refractivity contribution is 0.315. The third-order valence-corrected chi connectivity index (χ3v) is 4.87. The number of aryl methyl sites for hydroxylation is 2. The zero-order valence-electron chi connectivity index (χ0n) is 12.9. The molecule has 2 aliphatic rings. The highest BCUT2D eigenvalue weighted by Crippen LogP contribution is 2.36. The average molecular weight is 288 g/mol. The van der Waals surface area contributed by atoms with Crippen LogP contribution in [0.1, 0.15) is 44.3 Å². The molecule has 21 heavy (non-hydrogen) atoms. The minimum absolute atomic E-state index is 0.445. The Balaban J connectivity index is 1.72.